The molecule has 0 aliphatic heterocycles. The largest absolute Gasteiger partial charge is 0.355 e. The monoisotopic (exact) mass is 232 g/mol. The summed E-state index contributed by atoms with van der Waals surface area (Å²) < 4.78 is 0. The van der Waals surface area contributed by atoms with Crippen LogP contribution in [0.3, 0.4) is 0 Å². The average molecular weight is 232 g/mol. The highest BCUT2D eigenvalue weighted by Crippen LogP contribution is 2.24. The van der Waals surface area contributed by atoms with Crippen molar-refractivity contribution in [3.8, 4) is 6.07 Å². The topological polar surface area (TPSA) is 52.9 Å². The highest BCUT2D eigenvalue weighted by Gasteiger charge is 2.04. The predicted molar refractivity (Wildman–Crippen MR) is 66.9 cm³/mol. The molecule has 0 aliphatic rings. The maximum atomic E-state index is 11.3. The molecule has 0 saturated carbocycles. The molecule has 16 heavy (non-hydrogen) atoms. The molecule has 0 aromatic heterocycles. The lowest BCUT2D eigenvalue weighted by molar-refractivity contribution is 0.0963. The summed E-state index contributed by atoms with van der Waals surface area (Å²) in [4.78, 5) is 12.2. The van der Waals surface area contributed by atoms with E-state index in [1.165, 1.54) is 17.8 Å². The fraction of sp³-hybridized carbons (Fsp3) is 0.167. The number of nitrogens with one attached hydrogen (secondary N) is 1. The number of nitrogens with zero attached hydrogens (tertiary/aromatic N) is 1. The number of benzene rings is 1. The molecule has 0 heterocycles. The molecular weight excluding hydrogens is 220 g/mol. The van der Waals surface area contributed by atoms with Crippen LogP contribution in [0.2, 0.25) is 0 Å². The molecule has 1 N–H and O–H groups in total. The third-order valence-electron chi connectivity index (χ3n) is 2.07. The Bertz CT molecular complexity index is 443. The van der Waals surface area contributed by atoms with Crippen LogP contribution < -0.4 is 5.32 Å². The molecule has 0 fully saturated rings. The minimum atomic E-state index is -0.110. The molecule has 1 aromatic rings. The quantitative estimate of drug-likeness (QED) is 0.813. The van der Waals surface area contributed by atoms with Gasteiger partial charge in [-0.3, -0.25) is 4.79 Å². The van der Waals surface area contributed by atoms with Crippen LogP contribution >= 0.6 is 11.8 Å². The first-order valence-electron chi connectivity index (χ1n) is 4.69. The Morgan fingerprint density at radius 2 is 1.94 bits per heavy atom. The summed E-state index contributed by atoms with van der Waals surface area (Å²) in [5.41, 5.74) is 1.56. The van der Waals surface area contributed by atoms with E-state index in [1.54, 1.807) is 19.2 Å². The number of thioether (sulfide) groups is 1. The number of carbonyl (C=O) groups excluding carboxylic acids is 1. The van der Waals surface area contributed by atoms with Crippen molar-refractivity contribution in [2.24, 2.45) is 0 Å². The lowest BCUT2D eigenvalue weighted by Gasteiger charge is -2.04. The number of rotatable bonds is 3. The summed E-state index contributed by atoms with van der Waals surface area (Å²) >= 11 is 1.51. The second-order valence-corrected chi connectivity index (χ2v) is 3.85. The van der Waals surface area contributed by atoms with Gasteiger partial charge in [-0.25, -0.2) is 0 Å². The van der Waals surface area contributed by atoms with E-state index in [9.17, 15) is 4.79 Å². The highest BCUT2D eigenvalue weighted by molar-refractivity contribution is 8.07. The normalized spacial score (nSPS) is 10.7. The Hall–Kier alpha value is -1.73. The first kappa shape index (κ1) is 12.3. The maximum absolute atomic E-state index is 11.3. The van der Waals surface area contributed by atoms with Crippen LogP contribution in [0.4, 0.5) is 0 Å². The van der Waals surface area contributed by atoms with Gasteiger partial charge in [0, 0.05) is 23.6 Å². The number of hydrogen-bond donors (Lipinski definition) is 1. The zero-order chi connectivity index (χ0) is 12.0. The van der Waals surface area contributed by atoms with E-state index in [4.69, 9.17) is 5.26 Å². The van der Waals surface area contributed by atoms with Gasteiger partial charge in [-0.2, -0.15) is 5.26 Å². The van der Waals surface area contributed by atoms with Gasteiger partial charge in [-0.1, -0.05) is 12.1 Å². The van der Waals surface area contributed by atoms with E-state index in [0.29, 0.717) is 5.56 Å². The fourth-order valence-corrected chi connectivity index (χ4v) is 1.79. The third-order valence-corrected chi connectivity index (χ3v) is 2.87. The lowest BCUT2D eigenvalue weighted by Crippen LogP contribution is -2.17. The van der Waals surface area contributed by atoms with Crippen LogP contribution in [-0.4, -0.2) is 19.2 Å². The molecule has 1 amide bonds. The summed E-state index contributed by atoms with van der Waals surface area (Å²) in [6, 6.07) is 9.17. The van der Waals surface area contributed by atoms with Gasteiger partial charge in [0.2, 0.25) is 0 Å². The Kier molecular flexibility index (Phi) is 4.62. The van der Waals surface area contributed by atoms with Gasteiger partial charge in [-0.05, 0) is 24.0 Å². The predicted octanol–water partition coefficient (Wildman–Crippen LogP) is 2.27. The van der Waals surface area contributed by atoms with Crippen molar-refractivity contribution in [3.63, 3.8) is 0 Å². The standard InChI is InChI=1S/C12H12N2OS/c1-14-12(15)10-5-3-9(4-6-10)11(16-2)7-8-13/h3-7H,1-2H3,(H,14,15)/b11-7+. The molecule has 0 saturated heterocycles. The number of hydrogen-bond acceptors (Lipinski definition) is 3. The molecule has 0 atom stereocenters. The molecule has 3 nitrogen and oxygen atoms in total. The molecule has 0 spiro atoms. The summed E-state index contributed by atoms with van der Waals surface area (Å²) in [7, 11) is 1.60. The van der Waals surface area contributed by atoms with Gasteiger partial charge in [-0.15, -0.1) is 11.8 Å². The molecule has 1 rings (SSSR count). The van der Waals surface area contributed by atoms with Gasteiger partial charge in [0.05, 0.1) is 6.07 Å². The molecule has 1 aromatic carbocycles. The lowest BCUT2D eigenvalue weighted by atomic mass is 10.1. The average Bonchev–Trinajstić information content (AvgIpc) is 2.35. The molecule has 0 unspecified atom stereocenters. The van der Waals surface area contributed by atoms with Crippen molar-refractivity contribution in [2.45, 2.75) is 0 Å². The van der Waals surface area contributed by atoms with E-state index >= 15 is 0 Å². The number of nitriles is 1. The molecule has 0 bridgehead atoms. The SMILES string of the molecule is CNC(=O)c1ccc(/C(=C\C#N)SC)cc1. The van der Waals surface area contributed by atoms with E-state index in [0.717, 1.165) is 10.5 Å². The van der Waals surface area contributed by atoms with Crippen molar-refractivity contribution >= 4 is 22.6 Å². The fourth-order valence-electron chi connectivity index (χ4n) is 1.25. The summed E-state index contributed by atoms with van der Waals surface area (Å²) in [6.45, 7) is 0. The van der Waals surface area contributed by atoms with Gasteiger partial charge in [0.15, 0.2) is 0 Å². The summed E-state index contributed by atoms with van der Waals surface area (Å²) in [6.07, 6.45) is 3.41. The van der Waals surface area contributed by atoms with E-state index in [-0.39, 0.29) is 5.91 Å². The minimum Gasteiger partial charge on any atom is -0.355 e. The zero-order valence-electron chi connectivity index (χ0n) is 9.15. The second kappa shape index (κ2) is 5.99. The van der Waals surface area contributed by atoms with Crippen molar-refractivity contribution in [3.05, 3.63) is 41.5 Å². The first-order valence-corrected chi connectivity index (χ1v) is 5.91. The Labute approximate surface area is 99.2 Å². The number of carbonyl (C=O) groups is 1. The van der Waals surface area contributed by atoms with Crippen molar-refractivity contribution < 1.29 is 4.79 Å². The van der Waals surface area contributed by atoms with E-state index in [1.807, 2.05) is 24.5 Å². The van der Waals surface area contributed by atoms with Crippen LogP contribution in [0.5, 0.6) is 0 Å². The number of amides is 1. The molecule has 82 valence electrons. The Morgan fingerprint density at radius 1 is 1.38 bits per heavy atom. The third kappa shape index (κ3) is 2.88. The van der Waals surface area contributed by atoms with Crippen LogP contribution in [0.25, 0.3) is 4.91 Å². The second-order valence-electron chi connectivity index (χ2n) is 3.00. The molecule has 0 aliphatic carbocycles. The van der Waals surface area contributed by atoms with Crippen LogP contribution in [-0.2, 0) is 0 Å². The highest BCUT2D eigenvalue weighted by atomic mass is 32.2. The first-order chi connectivity index (χ1) is 7.72. The minimum absolute atomic E-state index is 0.110. The van der Waals surface area contributed by atoms with E-state index in [2.05, 4.69) is 5.32 Å². The van der Waals surface area contributed by atoms with E-state index < -0.39 is 0 Å². The Morgan fingerprint density at radius 3 is 2.38 bits per heavy atom. The number of allylic oxidation sites excluding steroid dienone is 1. The Balaban J connectivity index is 2.99. The van der Waals surface area contributed by atoms with Crippen molar-refractivity contribution in [1.82, 2.24) is 5.32 Å². The van der Waals surface area contributed by atoms with Gasteiger partial charge in [0.1, 0.15) is 0 Å². The summed E-state index contributed by atoms with van der Waals surface area (Å²) in [5.74, 6) is -0.110. The smallest absolute Gasteiger partial charge is 0.251 e. The molecule has 4 heteroatoms. The molecular formula is C12H12N2OS. The van der Waals surface area contributed by atoms with Gasteiger partial charge in [0.25, 0.3) is 5.91 Å². The summed E-state index contributed by atoms with van der Waals surface area (Å²) in [5, 5.41) is 11.2. The van der Waals surface area contributed by atoms with Crippen molar-refractivity contribution in [2.75, 3.05) is 13.3 Å². The van der Waals surface area contributed by atoms with Gasteiger partial charge >= 0.3 is 0 Å². The van der Waals surface area contributed by atoms with Crippen LogP contribution in [0, 0.1) is 11.3 Å². The molecule has 0 radical (unpaired) electrons. The maximum Gasteiger partial charge on any atom is 0.251 e. The zero-order valence-corrected chi connectivity index (χ0v) is 9.97. The van der Waals surface area contributed by atoms with Crippen molar-refractivity contribution in [1.29, 1.82) is 5.26 Å². The van der Waals surface area contributed by atoms with Crippen LogP contribution in [0.1, 0.15) is 15.9 Å². The van der Waals surface area contributed by atoms with Gasteiger partial charge < -0.3 is 5.32 Å². The van der Waals surface area contributed by atoms with Crippen LogP contribution in [0.15, 0.2) is 30.3 Å².